The maximum absolute atomic E-state index is 4.26. The van der Waals surface area contributed by atoms with Crippen LogP contribution in [0.5, 0.6) is 0 Å². The van der Waals surface area contributed by atoms with E-state index in [0.29, 0.717) is 6.17 Å². The Hall–Kier alpha value is -1.87. The fourth-order valence-corrected chi connectivity index (χ4v) is 3.53. The lowest BCUT2D eigenvalue weighted by Gasteiger charge is -2.49. The summed E-state index contributed by atoms with van der Waals surface area (Å²) in [7, 11) is 0. The number of hydrogen-bond donors (Lipinski definition) is 0. The predicted octanol–water partition coefficient (Wildman–Crippen LogP) is 3.17. The number of aryl methyl sites for hydroxylation is 1. The van der Waals surface area contributed by atoms with E-state index in [0.717, 1.165) is 11.2 Å². The first-order valence-electron chi connectivity index (χ1n) is 6.40. The van der Waals surface area contributed by atoms with Crippen LogP contribution < -0.4 is 9.38 Å². The lowest BCUT2D eigenvalue weighted by atomic mass is 10.1. The predicted molar refractivity (Wildman–Crippen MR) is 73.7 cm³/mol. The minimum absolute atomic E-state index is 0.491. The molecule has 2 aromatic rings. The van der Waals surface area contributed by atoms with E-state index < -0.39 is 0 Å². The molecule has 0 aliphatic carbocycles. The molecule has 2 unspecified atom stereocenters. The summed E-state index contributed by atoms with van der Waals surface area (Å²) in [6.07, 6.45) is 4.40. The Labute approximate surface area is 107 Å². The second kappa shape index (κ2) is 3.12. The molecule has 1 saturated heterocycles. The number of para-hydroxylation sites is 1. The molecule has 18 heavy (non-hydrogen) atoms. The van der Waals surface area contributed by atoms with Crippen LogP contribution in [-0.4, -0.2) is 17.8 Å². The molecule has 90 valence electrons. The molecule has 0 radical (unpaired) electrons. The first kappa shape index (κ1) is 10.1. The van der Waals surface area contributed by atoms with E-state index >= 15 is 0 Å². The lowest BCUT2D eigenvalue weighted by Crippen LogP contribution is -2.69. The van der Waals surface area contributed by atoms with E-state index in [1.54, 1.807) is 0 Å². The normalized spacial score (nSPS) is 27.9. The third-order valence-corrected chi connectivity index (χ3v) is 4.53. The van der Waals surface area contributed by atoms with Crippen LogP contribution >= 0.6 is 0 Å². The molecule has 3 aliphatic heterocycles. The molecule has 1 aromatic heterocycles. The van der Waals surface area contributed by atoms with Crippen LogP contribution in [0.2, 0.25) is 0 Å². The van der Waals surface area contributed by atoms with Crippen molar-refractivity contribution in [2.24, 2.45) is 0 Å². The summed E-state index contributed by atoms with van der Waals surface area (Å²) >= 11 is 0. The maximum atomic E-state index is 4.26. The van der Waals surface area contributed by atoms with Crippen molar-refractivity contribution in [3.8, 4) is 0 Å². The summed E-state index contributed by atoms with van der Waals surface area (Å²) in [5, 5.41) is 0. The van der Waals surface area contributed by atoms with Crippen LogP contribution in [0.15, 0.2) is 42.7 Å². The second-order valence-electron chi connectivity index (χ2n) is 5.26. The fraction of sp³-hybridized carbons (Fsp3) is 0.267. The zero-order valence-electron chi connectivity index (χ0n) is 10.7. The standard InChI is InChI=1S/C15H16N3/c1-11-5-3-4-6-14(11)18-10-17(12(18)2)13-9-16-8-7-15(13)18/h3-9,12H,10H2,1-2H3/q+1. The molecular formula is C15H16N3+. The van der Waals surface area contributed by atoms with Crippen LogP contribution in [0.1, 0.15) is 12.5 Å². The molecule has 0 amide bonds. The van der Waals surface area contributed by atoms with Crippen LogP contribution in [0, 0.1) is 6.92 Å². The summed E-state index contributed by atoms with van der Waals surface area (Å²) in [5.74, 6) is 0. The molecule has 0 saturated carbocycles. The SMILES string of the molecule is Cc1ccccc1[N+]12CN(c3cnccc31)C2C. The molecule has 4 heterocycles. The van der Waals surface area contributed by atoms with Crippen molar-refractivity contribution >= 4 is 17.1 Å². The van der Waals surface area contributed by atoms with Crippen LogP contribution in [0.3, 0.4) is 0 Å². The number of hydrogen-bond acceptors (Lipinski definition) is 2. The van der Waals surface area contributed by atoms with Crippen molar-refractivity contribution in [1.29, 1.82) is 0 Å². The molecule has 2 atom stereocenters. The van der Waals surface area contributed by atoms with Gasteiger partial charge in [-0.2, -0.15) is 0 Å². The van der Waals surface area contributed by atoms with Crippen molar-refractivity contribution in [2.75, 3.05) is 11.6 Å². The Morgan fingerprint density at radius 1 is 1.22 bits per heavy atom. The molecule has 3 nitrogen and oxygen atoms in total. The summed E-state index contributed by atoms with van der Waals surface area (Å²) in [5.41, 5.74) is 5.49. The van der Waals surface area contributed by atoms with E-state index in [-0.39, 0.29) is 0 Å². The van der Waals surface area contributed by atoms with E-state index in [1.807, 2.05) is 12.4 Å². The zero-order chi connectivity index (χ0) is 12.3. The Bertz CT molecular complexity index is 637. The molecule has 0 spiro atoms. The van der Waals surface area contributed by atoms with Crippen molar-refractivity contribution in [3.05, 3.63) is 48.3 Å². The maximum Gasteiger partial charge on any atom is 0.177 e. The van der Waals surface area contributed by atoms with Gasteiger partial charge < -0.3 is 0 Å². The zero-order valence-corrected chi connectivity index (χ0v) is 10.7. The summed E-state index contributed by atoms with van der Waals surface area (Å²) in [4.78, 5) is 6.70. The largest absolute Gasteiger partial charge is 0.266 e. The van der Waals surface area contributed by atoms with Gasteiger partial charge in [0.2, 0.25) is 0 Å². The van der Waals surface area contributed by atoms with Gasteiger partial charge in [0, 0.05) is 24.8 Å². The number of aromatic nitrogens is 1. The number of rotatable bonds is 1. The first-order chi connectivity index (χ1) is 8.75. The minimum Gasteiger partial charge on any atom is -0.266 e. The van der Waals surface area contributed by atoms with Gasteiger partial charge in [-0.1, -0.05) is 18.2 Å². The van der Waals surface area contributed by atoms with Gasteiger partial charge in [-0.05, 0) is 13.0 Å². The number of nitrogens with zero attached hydrogens (tertiary/aromatic N) is 3. The van der Waals surface area contributed by atoms with E-state index in [4.69, 9.17) is 0 Å². The molecule has 3 heteroatoms. The Morgan fingerprint density at radius 3 is 2.83 bits per heavy atom. The Morgan fingerprint density at radius 2 is 2.06 bits per heavy atom. The van der Waals surface area contributed by atoms with Gasteiger partial charge in [0.1, 0.15) is 11.4 Å². The first-order valence-corrected chi connectivity index (χ1v) is 6.40. The highest BCUT2D eigenvalue weighted by molar-refractivity contribution is 5.85. The monoisotopic (exact) mass is 238 g/mol. The van der Waals surface area contributed by atoms with E-state index in [1.165, 1.54) is 22.6 Å². The topological polar surface area (TPSA) is 16.1 Å². The highest BCUT2D eigenvalue weighted by Crippen LogP contribution is 2.57. The van der Waals surface area contributed by atoms with Gasteiger partial charge in [-0.15, -0.1) is 0 Å². The van der Waals surface area contributed by atoms with E-state index in [9.17, 15) is 0 Å². The quantitative estimate of drug-likeness (QED) is 0.709. The number of quaternary nitrogens is 1. The van der Waals surface area contributed by atoms with E-state index in [2.05, 4.69) is 54.1 Å². The van der Waals surface area contributed by atoms with Gasteiger partial charge in [0.15, 0.2) is 18.5 Å². The van der Waals surface area contributed by atoms with Gasteiger partial charge >= 0.3 is 0 Å². The molecule has 5 rings (SSSR count). The molecule has 1 fully saturated rings. The summed E-state index contributed by atoms with van der Waals surface area (Å²) in [6.45, 7) is 5.56. The Kier molecular flexibility index (Phi) is 1.75. The number of benzene rings is 1. The lowest BCUT2D eigenvalue weighted by molar-refractivity contribution is 0.217. The van der Waals surface area contributed by atoms with Crippen molar-refractivity contribution in [3.63, 3.8) is 0 Å². The number of anilines is 1. The molecule has 2 bridgehead atoms. The number of pyridine rings is 1. The molecule has 3 aliphatic rings. The van der Waals surface area contributed by atoms with Gasteiger partial charge in [0.25, 0.3) is 0 Å². The highest BCUT2D eigenvalue weighted by atomic mass is 15.7. The third kappa shape index (κ3) is 0.932. The van der Waals surface area contributed by atoms with Crippen LogP contribution in [0.25, 0.3) is 0 Å². The van der Waals surface area contributed by atoms with Crippen molar-refractivity contribution in [1.82, 2.24) is 9.47 Å². The molecular weight excluding hydrogens is 222 g/mol. The average Bonchev–Trinajstić information content (AvgIpc) is 2.87. The third-order valence-electron chi connectivity index (χ3n) is 4.53. The summed E-state index contributed by atoms with van der Waals surface area (Å²) < 4.78 is 0.963. The van der Waals surface area contributed by atoms with Crippen LogP contribution in [0.4, 0.5) is 17.1 Å². The molecule has 1 aromatic carbocycles. The van der Waals surface area contributed by atoms with Gasteiger partial charge in [0.05, 0.1) is 6.20 Å². The Balaban J connectivity index is 1.99. The van der Waals surface area contributed by atoms with Gasteiger partial charge in [-0.25, -0.2) is 4.48 Å². The summed E-state index contributed by atoms with van der Waals surface area (Å²) in [6, 6.07) is 10.9. The highest BCUT2D eigenvalue weighted by Gasteiger charge is 2.62. The minimum atomic E-state index is 0.491. The van der Waals surface area contributed by atoms with Gasteiger partial charge in [-0.3, -0.25) is 9.88 Å². The smallest absolute Gasteiger partial charge is 0.177 e. The average molecular weight is 238 g/mol. The second-order valence-corrected chi connectivity index (χ2v) is 5.26. The van der Waals surface area contributed by atoms with Crippen LogP contribution in [-0.2, 0) is 0 Å². The van der Waals surface area contributed by atoms with Crippen molar-refractivity contribution in [2.45, 2.75) is 20.0 Å². The van der Waals surface area contributed by atoms with Crippen molar-refractivity contribution < 1.29 is 0 Å². The molecule has 0 N–H and O–H groups in total. The fourth-order valence-electron chi connectivity index (χ4n) is 3.53.